The number of ether oxygens (including phenoxy) is 1. The molecule has 2 bridgehead atoms. The standard InChI is InChI=1S/C34H39ClFN5O3S/c1-33(2,3)45(43)40-34(30-7-5-6-16-37-30)15-14-21-17-26(21)31(38-24-11-9-23(35)10-12-24)41-20-25(44-4)19-29(41)32(42)39-28-18-22(34)8-13-27(28)36/h5-13,16,18,21,25,29,38,40H,14-15,17,19-20H2,1-4H3,(H,39,42)/b31-26-/t21?,25-,29-,34?,45?/m1/s1. The minimum absolute atomic E-state index is 0.0613. The number of anilines is 2. The molecule has 1 amide bonds. The first-order valence-electron chi connectivity index (χ1n) is 15.3. The lowest BCUT2D eigenvalue weighted by molar-refractivity contribution is -0.119. The Kier molecular flexibility index (Phi) is 8.88. The van der Waals surface area contributed by atoms with Crippen molar-refractivity contribution in [3.05, 3.63) is 100 Å². The summed E-state index contributed by atoms with van der Waals surface area (Å²) in [6.45, 7) is 6.24. The first-order chi connectivity index (χ1) is 21.5. The van der Waals surface area contributed by atoms with Crippen molar-refractivity contribution in [1.29, 1.82) is 0 Å². The van der Waals surface area contributed by atoms with Crippen LogP contribution in [0.25, 0.3) is 0 Å². The summed E-state index contributed by atoms with van der Waals surface area (Å²) >= 11 is 4.68. The first-order valence-corrected chi connectivity index (χ1v) is 16.8. The van der Waals surface area contributed by atoms with Crippen LogP contribution in [0.3, 0.4) is 0 Å². The number of methoxy groups -OCH3 is 1. The molecule has 1 saturated carbocycles. The van der Waals surface area contributed by atoms with Crippen molar-refractivity contribution >= 4 is 40.2 Å². The molecule has 3 aliphatic rings. The second-order valence-electron chi connectivity index (χ2n) is 13.0. The van der Waals surface area contributed by atoms with Gasteiger partial charge < -0.3 is 24.8 Å². The predicted molar refractivity (Wildman–Crippen MR) is 176 cm³/mol. The smallest absolute Gasteiger partial charge is 0.247 e. The molecule has 1 aliphatic carbocycles. The van der Waals surface area contributed by atoms with Crippen LogP contribution in [0.1, 0.15) is 57.7 Å². The zero-order valence-electron chi connectivity index (χ0n) is 25.9. The van der Waals surface area contributed by atoms with E-state index in [0.29, 0.717) is 35.7 Å². The number of allylic oxidation sites excluding steroid dienone is 1. The number of fused-ring (bicyclic) bond motifs is 4. The molecule has 3 N–H and O–H groups in total. The van der Waals surface area contributed by atoms with Crippen LogP contribution in [0.15, 0.2) is 78.3 Å². The van der Waals surface area contributed by atoms with E-state index in [1.165, 1.54) is 11.6 Å². The van der Waals surface area contributed by atoms with E-state index >= 15 is 4.39 Å². The Labute approximate surface area is 272 Å². The fourth-order valence-corrected chi connectivity index (χ4v) is 7.32. The third-order valence-corrected chi connectivity index (χ3v) is 10.8. The summed E-state index contributed by atoms with van der Waals surface area (Å²) in [7, 11) is 1.65. The van der Waals surface area contributed by atoms with E-state index in [4.69, 9.17) is 21.3 Å². The van der Waals surface area contributed by atoms with Gasteiger partial charge in [0.05, 0.1) is 17.5 Å². The maximum Gasteiger partial charge on any atom is 0.247 e. The average molecular weight is 652 g/mol. The van der Waals surface area contributed by atoms with Crippen LogP contribution >= 0.6 is 11.6 Å². The second-order valence-corrected chi connectivity index (χ2v) is 15.4. The van der Waals surface area contributed by atoms with Gasteiger partial charge in [-0.25, -0.2) is 4.39 Å². The Morgan fingerprint density at radius 1 is 1.18 bits per heavy atom. The topological polar surface area (TPSA) is 102 Å². The highest BCUT2D eigenvalue weighted by atomic mass is 35.5. The number of carbonyl (C=O) groups is 1. The molecule has 3 aromatic rings. The minimum Gasteiger partial charge on any atom is -0.598 e. The van der Waals surface area contributed by atoms with E-state index in [2.05, 4.69) is 20.3 Å². The highest BCUT2D eigenvalue weighted by Crippen LogP contribution is 2.49. The highest BCUT2D eigenvalue weighted by Gasteiger charge is 2.48. The molecule has 2 fully saturated rings. The van der Waals surface area contributed by atoms with Crippen LogP contribution in [0, 0.1) is 11.7 Å². The summed E-state index contributed by atoms with van der Waals surface area (Å²) in [6, 6.07) is 17.2. The first kappa shape index (κ1) is 31.8. The van der Waals surface area contributed by atoms with Gasteiger partial charge >= 0.3 is 0 Å². The number of aromatic nitrogens is 1. The van der Waals surface area contributed by atoms with Gasteiger partial charge in [-0.1, -0.05) is 23.7 Å². The number of rotatable bonds is 6. The van der Waals surface area contributed by atoms with E-state index in [1.807, 2.05) is 63.2 Å². The van der Waals surface area contributed by atoms with Crippen molar-refractivity contribution in [2.45, 2.75) is 68.9 Å². The number of benzene rings is 2. The van der Waals surface area contributed by atoms with Gasteiger partial charge in [0.25, 0.3) is 0 Å². The molecule has 0 radical (unpaired) electrons. The van der Waals surface area contributed by atoms with Crippen LogP contribution in [0.5, 0.6) is 0 Å². The molecule has 8 nitrogen and oxygen atoms in total. The van der Waals surface area contributed by atoms with Crippen LogP contribution in [-0.4, -0.2) is 50.9 Å². The number of hydrogen-bond donors (Lipinski definition) is 3. The molecular formula is C34H39ClFN5O3S. The molecule has 11 heteroatoms. The number of hydrogen-bond acceptors (Lipinski definition) is 7. The summed E-state index contributed by atoms with van der Waals surface area (Å²) in [5.74, 6) is 0.192. The molecule has 1 aromatic heterocycles. The summed E-state index contributed by atoms with van der Waals surface area (Å²) in [5.41, 5.74) is 2.44. The van der Waals surface area contributed by atoms with Gasteiger partial charge in [0.1, 0.15) is 28.0 Å². The van der Waals surface area contributed by atoms with Gasteiger partial charge in [0, 0.05) is 48.3 Å². The molecule has 1 saturated heterocycles. The highest BCUT2D eigenvalue weighted by molar-refractivity contribution is 7.90. The number of amides is 1. The van der Waals surface area contributed by atoms with Crippen molar-refractivity contribution in [3.8, 4) is 0 Å². The molecule has 3 heterocycles. The molecule has 0 spiro atoms. The van der Waals surface area contributed by atoms with Gasteiger partial charge in [-0.2, -0.15) is 0 Å². The zero-order chi connectivity index (χ0) is 31.9. The van der Waals surface area contributed by atoms with Gasteiger partial charge in [-0.15, -0.1) is 4.72 Å². The van der Waals surface area contributed by atoms with Gasteiger partial charge in [-0.05, 0) is 106 Å². The lowest BCUT2D eigenvalue weighted by atomic mass is 9.82. The van der Waals surface area contributed by atoms with Crippen molar-refractivity contribution in [1.82, 2.24) is 14.6 Å². The Bertz CT molecular complexity index is 1580. The molecule has 2 aromatic carbocycles. The Hall–Kier alpha value is -3.15. The van der Waals surface area contributed by atoms with E-state index in [9.17, 15) is 9.35 Å². The normalized spacial score (nSPS) is 27.3. The SMILES string of the molecule is CO[C@@H]1C[C@@H]2C(=O)Nc3cc(ccc3F)C(N[S+]([O-])C(C)(C)C)(c3ccccn3)CCC3C/C3=C(\Nc3ccc(Cl)cc3)N2C1. The molecule has 3 unspecified atom stereocenters. The van der Waals surface area contributed by atoms with E-state index in [0.717, 1.165) is 24.4 Å². The minimum atomic E-state index is -1.50. The second kappa shape index (κ2) is 12.6. The Morgan fingerprint density at radius 3 is 2.64 bits per heavy atom. The number of halogens is 2. The largest absolute Gasteiger partial charge is 0.598 e. The molecular weight excluding hydrogens is 613 g/mol. The molecule has 6 rings (SSSR count). The summed E-state index contributed by atoms with van der Waals surface area (Å²) < 4.78 is 37.9. The van der Waals surface area contributed by atoms with Gasteiger partial charge in [-0.3, -0.25) is 9.78 Å². The predicted octanol–water partition coefficient (Wildman–Crippen LogP) is 6.33. The van der Waals surface area contributed by atoms with Crippen LogP contribution in [0.4, 0.5) is 15.8 Å². The summed E-state index contributed by atoms with van der Waals surface area (Å²) in [5, 5.41) is 7.11. The van der Waals surface area contributed by atoms with Crippen molar-refractivity contribution in [2.24, 2.45) is 5.92 Å². The van der Waals surface area contributed by atoms with Crippen LogP contribution in [0.2, 0.25) is 5.02 Å². The van der Waals surface area contributed by atoms with Gasteiger partial charge in [0.2, 0.25) is 5.91 Å². The molecule has 5 atom stereocenters. The van der Waals surface area contributed by atoms with Gasteiger partial charge in [0.15, 0.2) is 0 Å². The fraction of sp³-hybridized carbons (Fsp3) is 0.412. The number of nitrogens with zero attached hydrogens (tertiary/aromatic N) is 2. The average Bonchev–Trinajstić information content (AvgIpc) is 3.66. The van der Waals surface area contributed by atoms with Crippen LogP contribution in [-0.2, 0) is 26.4 Å². The molecule has 238 valence electrons. The van der Waals surface area contributed by atoms with Crippen LogP contribution < -0.4 is 15.4 Å². The molecule has 45 heavy (non-hydrogen) atoms. The maximum atomic E-state index is 15.5. The third-order valence-electron chi connectivity index (χ3n) is 8.91. The quantitative estimate of drug-likeness (QED) is 0.268. The number of pyridine rings is 1. The lowest BCUT2D eigenvalue weighted by Crippen LogP contribution is -2.52. The summed E-state index contributed by atoms with van der Waals surface area (Å²) in [4.78, 5) is 20.8. The number of carbonyl (C=O) groups excluding carboxylic acids is 1. The van der Waals surface area contributed by atoms with Crippen molar-refractivity contribution < 1.29 is 18.5 Å². The van der Waals surface area contributed by atoms with E-state index < -0.39 is 33.5 Å². The van der Waals surface area contributed by atoms with E-state index in [1.54, 1.807) is 25.4 Å². The van der Waals surface area contributed by atoms with E-state index in [-0.39, 0.29) is 23.6 Å². The summed E-state index contributed by atoms with van der Waals surface area (Å²) in [6.07, 6.45) is 4.12. The van der Waals surface area contributed by atoms with Crippen molar-refractivity contribution in [3.63, 3.8) is 0 Å². The Morgan fingerprint density at radius 2 is 1.96 bits per heavy atom. The lowest BCUT2D eigenvalue weighted by Gasteiger charge is -2.38. The molecule has 2 aliphatic heterocycles. The fourth-order valence-electron chi connectivity index (χ4n) is 6.25. The number of nitrogens with one attached hydrogen (secondary N) is 3. The third kappa shape index (κ3) is 6.57. The zero-order valence-corrected chi connectivity index (χ0v) is 27.5. The Balaban J connectivity index is 1.49. The van der Waals surface area contributed by atoms with Crippen molar-refractivity contribution in [2.75, 3.05) is 24.3 Å². The monoisotopic (exact) mass is 651 g/mol. The maximum absolute atomic E-state index is 15.5.